The van der Waals surface area contributed by atoms with Crippen LogP contribution in [0.3, 0.4) is 0 Å². The Morgan fingerprint density at radius 2 is 1.95 bits per heavy atom. The molecule has 0 aliphatic carbocycles. The zero-order valence-corrected chi connectivity index (χ0v) is 14.6. The SMILES string of the molecule is CCCCC(CCC)n1c(C(C)(C)C)nc2c1CCNC2. The summed E-state index contributed by atoms with van der Waals surface area (Å²) in [5.74, 6) is 1.30. The van der Waals surface area contributed by atoms with Crippen LogP contribution in [-0.4, -0.2) is 16.1 Å². The number of hydrogen-bond donors (Lipinski definition) is 1. The predicted octanol–water partition coefficient (Wildman–Crippen LogP) is 4.36. The molecule has 120 valence electrons. The summed E-state index contributed by atoms with van der Waals surface area (Å²) in [6.45, 7) is 13.5. The Balaban J connectivity index is 2.44. The summed E-state index contributed by atoms with van der Waals surface area (Å²) in [6.07, 6.45) is 7.56. The van der Waals surface area contributed by atoms with Crippen LogP contribution in [0.25, 0.3) is 0 Å². The highest BCUT2D eigenvalue weighted by molar-refractivity contribution is 5.24. The summed E-state index contributed by atoms with van der Waals surface area (Å²) < 4.78 is 2.63. The van der Waals surface area contributed by atoms with E-state index in [9.17, 15) is 0 Å². The lowest BCUT2D eigenvalue weighted by atomic mass is 9.94. The Bertz CT molecular complexity index is 454. The largest absolute Gasteiger partial charge is 0.328 e. The van der Waals surface area contributed by atoms with E-state index in [1.807, 2.05) is 0 Å². The Hall–Kier alpha value is -0.830. The van der Waals surface area contributed by atoms with Crippen molar-refractivity contribution in [3.8, 4) is 0 Å². The lowest BCUT2D eigenvalue weighted by Crippen LogP contribution is -2.27. The first kappa shape index (κ1) is 16.5. The maximum Gasteiger partial charge on any atom is 0.114 e. The van der Waals surface area contributed by atoms with E-state index in [2.05, 4.69) is 44.5 Å². The molecule has 0 amide bonds. The van der Waals surface area contributed by atoms with E-state index in [0.717, 1.165) is 19.5 Å². The van der Waals surface area contributed by atoms with E-state index in [4.69, 9.17) is 4.98 Å². The van der Waals surface area contributed by atoms with Crippen molar-refractivity contribution in [1.29, 1.82) is 0 Å². The average molecular weight is 291 g/mol. The topological polar surface area (TPSA) is 29.9 Å². The second-order valence-corrected chi connectivity index (χ2v) is 7.46. The summed E-state index contributed by atoms with van der Waals surface area (Å²) in [7, 11) is 0. The maximum absolute atomic E-state index is 5.03. The van der Waals surface area contributed by atoms with Gasteiger partial charge in [0.2, 0.25) is 0 Å². The van der Waals surface area contributed by atoms with Crippen LogP contribution in [0.5, 0.6) is 0 Å². The molecule has 2 rings (SSSR count). The number of nitrogens with zero attached hydrogens (tertiary/aromatic N) is 2. The summed E-state index contributed by atoms with van der Waals surface area (Å²) in [5.41, 5.74) is 2.92. The number of hydrogen-bond acceptors (Lipinski definition) is 2. The molecule has 0 fully saturated rings. The van der Waals surface area contributed by atoms with Crippen LogP contribution in [0.15, 0.2) is 0 Å². The standard InChI is InChI=1S/C18H33N3/c1-6-8-10-14(9-7-2)21-16-11-12-19-13-15(16)20-17(21)18(3,4)5/h14,19H,6-13H2,1-5H3. The lowest BCUT2D eigenvalue weighted by molar-refractivity contribution is 0.368. The highest BCUT2D eigenvalue weighted by Crippen LogP contribution is 2.33. The zero-order chi connectivity index (χ0) is 15.5. The van der Waals surface area contributed by atoms with Gasteiger partial charge in [-0.2, -0.15) is 0 Å². The Labute approximate surface area is 130 Å². The van der Waals surface area contributed by atoms with Gasteiger partial charge in [-0.25, -0.2) is 4.98 Å². The molecule has 1 unspecified atom stereocenters. The van der Waals surface area contributed by atoms with Crippen LogP contribution in [0.4, 0.5) is 0 Å². The van der Waals surface area contributed by atoms with Gasteiger partial charge in [0.1, 0.15) is 5.82 Å². The highest BCUT2D eigenvalue weighted by atomic mass is 15.2. The van der Waals surface area contributed by atoms with Crippen molar-refractivity contribution in [1.82, 2.24) is 14.9 Å². The van der Waals surface area contributed by atoms with Gasteiger partial charge in [-0.05, 0) is 12.8 Å². The van der Waals surface area contributed by atoms with Crippen LogP contribution in [0.1, 0.15) is 90.0 Å². The quantitative estimate of drug-likeness (QED) is 0.844. The lowest BCUT2D eigenvalue weighted by Gasteiger charge is -2.28. The maximum atomic E-state index is 5.03. The van der Waals surface area contributed by atoms with Crippen molar-refractivity contribution in [3.05, 3.63) is 17.2 Å². The van der Waals surface area contributed by atoms with Crippen molar-refractivity contribution >= 4 is 0 Å². The van der Waals surface area contributed by atoms with Crippen LogP contribution < -0.4 is 5.32 Å². The fourth-order valence-corrected chi connectivity index (χ4v) is 3.43. The molecule has 1 aliphatic heterocycles. The molecule has 1 aliphatic rings. The number of nitrogens with one attached hydrogen (secondary N) is 1. The summed E-state index contributed by atoms with van der Waals surface area (Å²) in [4.78, 5) is 5.03. The molecule has 0 radical (unpaired) electrons. The first-order valence-corrected chi connectivity index (χ1v) is 8.80. The van der Waals surface area contributed by atoms with Gasteiger partial charge in [-0.15, -0.1) is 0 Å². The zero-order valence-electron chi connectivity index (χ0n) is 14.6. The third-order valence-corrected chi connectivity index (χ3v) is 4.47. The second-order valence-electron chi connectivity index (χ2n) is 7.46. The molecule has 1 aromatic rings. The molecule has 0 aromatic carbocycles. The first-order chi connectivity index (χ1) is 9.99. The number of unbranched alkanes of at least 4 members (excludes halogenated alkanes) is 1. The van der Waals surface area contributed by atoms with E-state index in [-0.39, 0.29) is 5.41 Å². The fourth-order valence-electron chi connectivity index (χ4n) is 3.43. The van der Waals surface area contributed by atoms with Crippen LogP contribution in [-0.2, 0) is 18.4 Å². The molecule has 1 atom stereocenters. The van der Waals surface area contributed by atoms with Gasteiger partial charge in [0.05, 0.1) is 5.69 Å². The molecule has 0 spiro atoms. The molecular formula is C18H33N3. The monoisotopic (exact) mass is 291 g/mol. The Morgan fingerprint density at radius 3 is 2.57 bits per heavy atom. The fraction of sp³-hybridized carbons (Fsp3) is 0.833. The van der Waals surface area contributed by atoms with Crippen molar-refractivity contribution in [2.24, 2.45) is 0 Å². The molecule has 2 heterocycles. The number of aromatic nitrogens is 2. The van der Waals surface area contributed by atoms with Crippen LogP contribution in [0.2, 0.25) is 0 Å². The third-order valence-electron chi connectivity index (χ3n) is 4.47. The normalized spacial score (nSPS) is 16.8. The van der Waals surface area contributed by atoms with Crippen molar-refractivity contribution in [2.75, 3.05) is 6.54 Å². The van der Waals surface area contributed by atoms with Gasteiger partial charge in [0.15, 0.2) is 0 Å². The minimum Gasteiger partial charge on any atom is -0.328 e. The predicted molar refractivity (Wildman–Crippen MR) is 89.8 cm³/mol. The van der Waals surface area contributed by atoms with E-state index >= 15 is 0 Å². The summed E-state index contributed by atoms with van der Waals surface area (Å²) >= 11 is 0. The van der Waals surface area contributed by atoms with E-state index in [0.29, 0.717) is 6.04 Å². The Kier molecular flexibility index (Phi) is 5.48. The van der Waals surface area contributed by atoms with Crippen LogP contribution >= 0.6 is 0 Å². The second kappa shape index (κ2) is 6.95. The van der Waals surface area contributed by atoms with Crippen molar-refractivity contribution in [2.45, 2.75) is 91.1 Å². The van der Waals surface area contributed by atoms with Crippen molar-refractivity contribution in [3.63, 3.8) is 0 Å². The molecule has 1 N–H and O–H groups in total. The Morgan fingerprint density at radius 1 is 1.19 bits per heavy atom. The summed E-state index contributed by atoms with van der Waals surface area (Å²) in [6, 6.07) is 0.638. The molecule has 21 heavy (non-hydrogen) atoms. The third kappa shape index (κ3) is 3.68. The number of imidazole rings is 1. The van der Waals surface area contributed by atoms with Gasteiger partial charge < -0.3 is 9.88 Å². The average Bonchev–Trinajstić information content (AvgIpc) is 2.83. The van der Waals surface area contributed by atoms with E-state index in [1.165, 1.54) is 49.3 Å². The van der Waals surface area contributed by atoms with Crippen molar-refractivity contribution < 1.29 is 0 Å². The number of fused-ring (bicyclic) bond motifs is 1. The molecule has 0 bridgehead atoms. The molecular weight excluding hydrogens is 258 g/mol. The molecule has 1 aromatic heterocycles. The minimum absolute atomic E-state index is 0.121. The molecule has 0 saturated heterocycles. The smallest absolute Gasteiger partial charge is 0.114 e. The van der Waals surface area contributed by atoms with Crippen LogP contribution in [0, 0.1) is 0 Å². The van der Waals surface area contributed by atoms with Gasteiger partial charge >= 0.3 is 0 Å². The number of rotatable bonds is 6. The molecule has 3 heteroatoms. The first-order valence-electron chi connectivity index (χ1n) is 8.80. The highest BCUT2D eigenvalue weighted by Gasteiger charge is 2.29. The van der Waals surface area contributed by atoms with Gasteiger partial charge in [0.25, 0.3) is 0 Å². The molecule has 0 saturated carbocycles. The van der Waals surface area contributed by atoms with E-state index < -0.39 is 0 Å². The summed E-state index contributed by atoms with van der Waals surface area (Å²) in [5, 5.41) is 3.47. The minimum atomic E-state index is 0.121. The van der Waals surface area contributed by atoms with Gasteiger partial charge in [0, 0.05) is 36.7 Å². The van der Waals surface area contributed by atoms with Gasteiger partial charge in [-0.3, -0.25) is 0 Å². The molecule has 3 nitrogen and oxygen atoms in total. The van der Waals surface area contributed by atoms with E-state index in [1.54, 1.807) is 0 Å². The van der Waals surface area contributed by atoms with Gasteiger partial charge in [-0.1, -0.05) is 53.9 Å².